The number of rotatable bonds is 7. The molecule has 0 fully saturated rings. The van der Waals surface area contributed by atoms with Crippen molar-refractivity contribution in [1.82, 2.24) is 10.6 Å². The molecule has 0 radical (unpaired) electrons. The van der Waals surface area contributed by atoms with Crippen LogP contribution < -0.4 is 10.6 Å². The van der Waals surface area contributed by atoms with Crippen molar-refractivity contribution in [3.05, 3.63) is 39.4 Å². The average molecular weight is 287 g/mol. The highest BCUT2D eigenvalue weighted by molar-refractivity contribution is 5.98. The molecule has 0 aliphatic heterocycles. The van der Waals surface area contributed by atoms with Crippen LogP contribution in [0.15, 0.2) is 12.1 Å². The minimum atomic E-state index is -1.36. The molecule has 0 bridgehead atoms. The Balaban J connectivity index is 2.76. The number of nitro benzene ring substituents is 1. The van der Waals surface area contributed by atoms with Gasteiger partial charge < -0.3 is 10.6 Å². The Bertz CT molecular complexity index is 509. The molecule has 8 heteroatoms. The van der Waals surface area contributed by atoms with Gasteiger partial charge in [0.15, 0.2) is 11.6 Å². The van der Waals surface area contributed by atoms with E-state index in [1.165, 1.54) is 0 Å². The van der Waals surface area contributed by atoms with E-state index < -0.39 is 33.7 Å². The second-order valence-corrected chi connectivity index (χ2v) is 4.00. The van der Waals surface area contributed by atoms with Gasteiger partial charge in [0.05, 0.1) is 11.0 Å². The molecule has 1 amide bonds. The normalized spacial score (nSPS) is 10.3. The molecule has 0 aliphatic rings. The van der Waals surface area contributed by atoms with Crippen LogP contribution in [-0.2, 0) is 0 Å². The number of amides is 1. The molecular weight excluding hydrogens is 272 g/mol. The number of hydrogen-bond acceptors (Lipinski definition) is 4. The molecule has 1 aromatic carbocycles. The first-order valence-corrected chi connectivity index (χ1v) is 6.09. The molecule has 0 saturated heterocycles. The molecule has 1 aromatic rings. The summed E-state index contributed by atoms with van der Waals surface area (Å²) in [6.45, 7) is 3.68. The molecule has 0 heterocycles. The maximum absolute atomic E-state index is 13.1. The first-order chi connectivity index (χ1) is 9.47. The van der Waals surface area contributed by atoms with Crippen molar-refractivity contribution in [2.45, 2.75) is 13.3 Å². The predicted octanol–water partition coefficient (Wildman–Crippen LogP) is 1.60. The molecule has 0 saturated carbocycles. The Kier molecular flexibility index (Phi) is 5.98. The van der Waals surface area contributed by atoms with Crippen molar-refractivity contribution in [2.24, 2.45) is 0 Å². The molecule has 20 heavy (non-hydrogen) atoms. The van der Waals surface area contributed by atoms with Crippen molar-refractivity contribution in [2.75, 3.05) is 19.6 Å². The highest BCUT2D eigenvalue weighted by atomic mass is 19.2. The quantitative estimate of drug-likeness (QED) is 0.453. The van der Waals surface area contributed by atoms with Gasteiger partial charge in [0, 0.05) is 6.54 Å². The van der Waals surface area contributed by atoms with Gasteiger partial charge in [-0.05, 0) is 25.6 Å². The molecule has 0 aromatic heterocycles. The summed E-state index contributed by atoms with van der Waals surface area (Å²) in [5.41, 5.74) is -1.24. The van der Waals surface area contributed by atoms with Crippen molar-refractivity contribution in [3.63, 3.8) is 0 Å². The Hall–Kier alpha value is -2.09. The fraction of sp³-hybridized carbons (Fsp3) is 0.417. The van der Waals surface area contributed by atoms with Gasteiger partial charge in [0.2, 0.25) is 0 Å². The van der Waals surface area contributed by atoms with Gasteiger partial charge in [0.25, 0.3) is 11.6 Å². The minimum Gasteiger partial charge on any atom is -0.352 e. The van der Waals surface area contributed by atoms with Crippen molar-refractivity contribution in [3.8, 4) is 0 Å². The lowest BCUT2D eigenvalue weighted by Gasteiger charge is -2.06. The fourth-order valence-corrected chi connectivity index (χ4v) is 1.56. The topological polar surface area (TPSA) is 84.3 Å². The van der Waals surface area contributed by atoms with Gasteiger partial charge in [-0.25, -0.2) is 8.78 Å². The highest BCUT2D eigenvalue weighted by Gasteiger charge is 2.23. The van der Waals surface area contributed by atoms with Crippen LogP contribution in [0.3, 0.4) is 0 Å². The Morgan fingerprint density at radius 1 is 1.30 bits per heavy atom. The summed E-state index contributed by atoms with van der Waals surface area (Å²) in [4.78, 5) is 21.6. The first-order valence-electron chi connectivity index (χ1n) is 6.09. The van der Waals surface area contributed by atoms with E-state index in [1.54, 1.807) is 0 Å². The SMILES string of the molecule is CCNCCCNC(=O)c1cc(F)c(F)cc1[N+](=O)[O-]. The van der Waals surface area contributed by atoms with Crippen LogP contribution in [-0.4, -0.2) is 30.5 Å². The summed E-state index contributed by atoms with van der Waals surface area (Å²) in [5, 5.41) is 16.2. The summed E-state index contributed by atoms with van der Waals surface area (Å²) in [6.07, 6.45) is 0.622. The number of carbonyl (C=O) groups is 1. The van der Waals surface area contributed by atoms with E-state index >= 15 is 0 Å². The van der Waals surface area contributed by atoms with E-state index in [2.05, 4.69) is 10.6 Å². The lowest BCUT2D eigenvalue weighted by atomic mass is 10.1. The van der Waals surface area contributed by atoms with Crippen LogP contribution in [0, 0.1) is 21.7 Å². The van der Waals surface area contributed by atoms with Crippen LogP contribution >= 0.6 is 0 Å². The second kappa shape index (κ2) is 7.49. The maximum atomic E-state index is 13.1. The number of nitrogens with zero attached hydrogens (tertiary/aromatic N) is 1. The van der Waals surface area contributed by atoms with Crippen molar-refractivity contribution < 1.29 is 18.5 Å². The predicted molar refractivity (Wildman–Crippen MR) is 68.5 cm³/mol. The third-order valence-corrected chi connectivity index (χ3v) is 2.55. The summed E-state index contributed by atoms with van der Waals surface area (Å²) in [5.74, 6) is -3.46. The zero-order valence-corrected chi connectivity index (χ0v) is 10.9. The molecule has 0 aliphatic carbocycles. The lowest BCUT2D eigenvalue weighted by molar-refractivity contribution is -0.385. The third-order valence-electron chi connectivity index (χ3n) is 2.55. The number of nitrogens with one attached hydrogen (secondary N) is 2. The van der Waals surface area contributed by atoms with Crippen molar-refractivity contribution in [1.29, 1.82) is 0 Å². The van der Waals surface area contributed by atoms with Gasteiger partial charge in [-0.3, -0.25) is 14.9 Å². The van der Waals surface area contributed by atoms with Gasteiger partial charge >= 0.3 is 0 Å². The number of carbonyl (C=O) groups excluding carboxylic acids is 1. The van der Waals surface area contributed by atoms with E-state index in [-0.39, 0.29) is 6.54 Å². The zero-order valence-electron chi connectivity index (χ0n) is 10.9. The number of halogens is 2. The van der Waals surface area contributed by atoms with Crippen LogP contribution in [0.4, 0.5) is 14.5 Å². The molecule has 110 valence electrons. The smallest absolute Gasteiger partial charge is 0.285 e. The first kappa shape index (κ1) is 16.0. The molecular formula is C12H15F2N3O3. The van der Waals surface area contributed by atoms with E-state index in [9.17, 15) is 23.7 Å². The molecule has 0 spiro atoms. The number of hydrogen-bond donors (Lipinski definition) is 2. The lowest BCUT2D eigenvalue weighted by Crippen LogP contribution is -2.28. The largest absolute Gasteiger partial charge is 0.352 e. The van der Waals surface area contributed by atoms with Crippen LogP contribution in [0.5, 0.6) is 0 Å². The number of benzene rings is 1. The van der Waals surface area contributed by atoms with Gasteiger partial charge in [-0.1, -0.05) is 6.92 Å². The van der Waals surface area contributed by atoms with Crippen LogP contribution in [0.25, 0.3) is 0 Å². The van der Waals surface area contributed by atoms with Gasteiger partial charge in [0.1, 0.15) is 5.56 Å². The monoisotopic (exact) mass is 287 g/mol. The Morgan fingerprint density at radius 3 is 2.55 bits per heavy atom. The second-order valence-electron chi connectivity index (χ2n) is 4.00. The molecule has 0 unspecified atom stereocenters. The summed E-state index contributed by atoms with van der Waals surface area (Å²) in [6, 6.07) is 0.940. The Labute approximate surface area is 114 Å². The summed E-state index contributed by atoms with van der Waals surface area (Å²) in [7, 11) is 0. The summed E-state index contributed by atoms with van der Waals surface area (Å²) < 4.78 is 26.0. The van der Waals surface area contributed by atoms with E-state index in [0.29, 0.717) is 25.1 Å². The van der Waals surface area contributed by atoms with Crippen LogP contribution in [0.1, 0.15) is 23.7 Å². The highest BCUT2D eigenvalue weighted by Crippen LogP contribution is 2.22. The van der Waals surface area contributed by atoms with Gasteiger partial charge in [-0.15, -0.1) is 0 Å². The molecule has 6 nitrogen and oxygen atoms in total. The zero-order chi connectivity index (χ0) is 15.1. The van der Waals surface area contributed by atoms with Crippen LogP contribution in [0.2, 0.25) is 0 Å². The van der Waals surface area contributed by atoms with E-state index in [4.69, 9.17) is 0 Å². The standard InChI is InChI=1S/C12H15F2N3O3/c1-2-15-4-3-5-16-12(18)8-6-9(13)10(14)7-11(8)17(19)20/h6-7,15H,2-5H2,1H3,(H,16,18). The fourth-order valence-electron chi connectivity index (χ4n) is 1.56. The third kappa shape index (κ3) is 4.23. The van der Waals surface area contributed by atoms with Gasteiger partial charge in [-0.2, -0.15) is 0 Å². The molecule has 2 N–H and O–H groups in total. The maximum Gasteiger partial charge on any atom is 0.285 e. The van der Waals surface area contributed by atoms with E-state index in [1.807, 2.05) is 6.92 Å². The van der Waals surface area contributed by atoms with E-state index in [0.717, 1.165) is 6.54 Å². The molecule has 0 atom stereocenters. The van der Waals surface area contributed by atoms with Crippen molar-refractivity contribution >= 4 is 11.6 Å². The Morgan fingerprint density at radius 2 is 1.95 bits per heavy atom. The molecule has 1 rings (SSSR count). The minimum absolute atomic E-state index is 0.280. The number of nitro groups is 1. The average Bonchev–Trinajstić information content (AvgIpc) is 2.40. The summed E-state index contributed by atoms with van der Waals surface area (Å²) >= 11 is 0.